The van der Waals surface area contributed by atoms with Crippen LogP contribution in [0.5, 0.6) is 0 Å². The maximum atomic E-state index is 14.6. The van der Waals surface area contributed by atoms with E-state index in [0.29, 0.717) is 11.9 Å². The lowest BCUT2D eigenvalue weighted by Crippen LogP contribution is -2.45. The van der Waals surface area contributed by atoms with E-state index in [0.717, 1.165) is 23.0 Å². The normalized spacial score (nSPS) is 20.4. The molecule has 0 saturated heterocycles. The minimum Gasteiger partial charge on any atom is -0.314 e. The van der Waals surface area contributed by atoms with Gasteiger partial charge in [0, 0.05) is 36.7 Å². The van der Waals surface area contributed by atoms with Crippen LogP contribution in [0.25, 0.3) is 17.0 Å². The van der Waals surface area contributed by atoms with Crippen molar-refractivity contribution in [1.29, 1.82) is 0 Å². The zero-order valence-electron chi connectivity index (χ0n) is 19.1. The zero-order valence-corrected chi connectivity index (χ0v) is 19.9. The number of hydrogen-bond donors (Lipinski definition) is 1. The van der Waals surface area contributed by atoms with Crippen LogP contribution in [-0.4, -0.2) is 54.7 Å². The zero-order chi connectivity index (χ0) is 26.6. The Morgan fingerprint density at radius 2 is 1.92 bits per heavy atom. The number of halogens is 5. The molecule has 1 N–H and O–H groups in total. The third-order valence-corrected chi connectivity index (χ3v) is 7.62. The Morgan fingerprint density at radius 1 is 1.14 bits per heavy atom. The summed E-state index contributed by atoms with van der Waals surface area (Å²) in [4.78, 5) is 7.10. The summed E-state index contributed by atoms with van der Waals surface area (Å²) >= 11 is 0. The van der Waals surface area contributed by atoms with Crippen LogP contribution in [-0.2, 0) is 16.2 Å². The molecular weight excluding hydrogens is 523 g/mol. The number of aryl methyl sites for hydroxylation is 1. The Hall–Kier alpha value is -3.53. The maximum Gasteiger partial charge on any atom is 0.416 e. The number of nitrogens with zero attached hydrogens (tertiary/aromatic N) is 7. The van der Waals surface area contributed by atoms with E-state index in [9.17, 15) is 30.4 Å². The molecule has 196 valence electrons. The van der Waals surface area contributed by atoms with Crippen molar-refractivity contribution in [2.45, 2.75) is 55.3 Å². The molecule has 0 radical (unpaired) electrons. The number of nitrogens with one attached hydrogen (secondary N) is 1. The average Bonchev–Trinajstić information content (AvgIpc) is 3.45. The maximum absolute atomic E-state index is 14.6. The highest BCUT2D eigenvalue weighted by Gasteiger charge is 2.44. The van der Waals surface area contributed by atoms with E-state index >= 15 is 0 Å². The van der Waals surface area contributed by atoms with Crippen LogP contribution < -0.4 is 4.72 Å². The third kappa shape index (κ3) is 5.02. The minimum absolute atomic E-state index is 0.0244. The van der Waals surface area contributed by atoms with Gasteiger partial charge in [-0.25, -0.2) is 26.9 Å². The first-order chi connectivity index (χ1) is 17.3. The molecule has 1 aliphatic carbocycles. The van der Waals surface area contributed by atoms with Gasteiger partial charge >= 0.3 is 6.18 Å². The van der Waals surface area contributed by atoms with Crippen molar-refractivity contribution in [3.05, 3.63) is 54.5 Å². The number of sulfonamides is 1. The second kappa shape index (κ2) is 8.79. The molecule has 10 nitrogen and oxygen atoms in total. The van der Waals surface area contributed by atoms with Gasteiger partial charge in [0.05, 0.1) is 16.2 Å². The Labute approximate surface area is 206 Å². The van der Waals surface area contributed by atoms with Crippen molar-refractivity contribution >= 4 is 15.8 Å². The van der Waals surface area contributed by atoms with E-state index < -0.39 is 57.5 Å². The Bertz CT molecular complexity index is 1570. The molecular formula is C21H19F5N8O2S. The lowest BCUT2D eigenvalue weighted by atomic mass is 9.88. The van der Waals surface area contributed by atoms with E-state index in [1.165, 1.54) is 23.2 Å². The Morgan fingerprint density at radius 3 is 2.62 bits per heavy atom. The summed E-state index contributed by atoms with van der Waals surface area (Å²) in [5, 5.41) is 11.4. The fourth-order valence-electron chi connectivity index (χ4n) is 4.55. The molecule has 1 saturated carbocycles. The number of alkyl halides is 5. The fourth-order valence-corrected chi connectivity index (χ4v) is 5.87. The second-order valence-electron chi connectivity index (χ2n) is 8.80. The predicted molar refractivity (Wildman–Crippen MR) is 118 cm³/mol. The number of hydrogen-bond acceptors (Lipinski definition) is 7. The molecule has 0 bridgehead atoms. The van der Waals surface area contributed by atoms with Crippen molar-refractivity contribution in [2.75, 3.05) is 0 Å². The summed E-state index contributed by atoms with van der Waals surface area (Å²) in [6.45, 7) is 1.58. The Kier molecular flexibility index (Phi) is 5.97. The predicted octanol–water partition coefficient (Wildman–Crippen LogP) is 3.42. The standard InChI is InChI=1S/C21H19F5N8O2S/c1-12-31-29-11-33(12)16-7-15(8-20(22,23)9-16)32-37(35,36)17-5-13(4-14(6-17)21(24,25)26)18-2-3-27-19-28-10-30-34(18)19/h2-6,10-11,15-16,32H,7-9H2,1H3/t15-,16+/m1/s1. The smallest absolute Gasteiger partial charge is 0.314 e. The molecule has 16 heteroatoms. The van der Waals surface area contributed by atoms with Gasteiger partial charge in [0.1, 0.15) is 18.5 Å². The number of aromatic nitrogens is 7. The van der Waals surface area contributed by atoms with Gasteiger partial charge in [-0.1, -0.05) is 0 Å². The summed E-state index contributed by atoms with van der Waals surface area (Å²) in [5.41, 5.74) is -1.25. The number of benzene rings is 1. The quantitative estimate of drug-likeness (QED) is 0.384. The van der Waals surface area contributed by atoms with Crippen LogP contribution in [0.2, 0.25) is 0 Å². The van der Waals surface area contributed by atoms with Crippen molar-refractivity contribution in [2.24, 2.45) is 0 Å². The topological polar surface area (TPSA) is 120 Å². The molecule has 4 aromatic rings. The summed E-state index contributed by atoms with van der Waals surface area (Å²) in [6, 6.07) is 1.57. The molecule has 1 fully saturated rings. The van der Waals surface area contributed by atoms with Gasteiger partial charge in [0.15, 0.2) is 0 Å². The van der Waals surface area contributed by atoms with Crippen LogP contribution in [0.1, 0.15) is 36.7 Å². The van der Waals surface area contributed by atoms with Crippen LogP contribution >= 0.6 is 0 Å². The van der Waals surface area contributed by atoms with Gasteiger partial charge < -0.3 is 4.57 Å². The van der Waals surface area contributed by atoms with Gasteiger partial charge in [-0.2, -0.15) is 27.8 Å². The van der Waals surface area contributed by atoms with Crippen LogP contribution in [0.15, 0.2) is 48.0 Å². The summed E-state index contributed by atoms with van der Waals surface area (Å²) in [6.07, 6.45) is -2.54. The molecule has 1 aromatic carbocycles. The molecule has 3 aromatic heterocycles. The van der Waals surface area contributed by atoms with E-state index in [-0.39, 0.29) is 23.5 Å². The lowest BCUT2D eigenvalue weighted by molar-refractivity contribution is -0.137. The molecule has 3 heterocycles. The third-order valence-electron chi connectivity index (χ3n) is 6.12. The summed E-state index contributed by atoms with van der Waals surface area (Å²) in [7, 11) is -4.65. The minimum atomic E-state index is -4.89. The average molecular weight is 542 g/mol. The first kappa shape index (κ1) is 25.1. The van der Waals surface area contributed by atoms with Crippen LogP contribution in [0.4, 0.5) is 22.0 Å². The SMILES string of the molecule is Cc1nncn1[C@H]1C[C@@H](NS(=O)(=O)c2cc(-c3ccnc4ncnn34)cc(C(F)(F)F)c2)CC(F)(F)C1. The molecule has 0 aliphatic heterocycles. The van der Waals surface area contributed by atoms with Gasteiger partial charge in [-0.3, -0.25) is 0 Å². The number of fused-ring (bicyclic) bond motifs is 1. The first-order valence-electron chi connectivity index (χ1n) is 11.0. The number of rotatable bonds is 5. The Balaban J connectivity index is 1.53. The molecule has 0 unspecified atom stereocenters. The fraction of sp³-hybridized carbons (Fsp3) is 0.381. The van der Waals surface area contributed by atoms with Gasteiger partial charge in [0.2, 0.25) is 10.0 Å². The highest BCUT2D eigenvalue weighted by atomic mass is 32.2. The monoisotopic (exact) mass is 542 g/mol. The van der Waals surface area contributed by atoms with Crippen molar-refractivity contribution in [3.8, 4) is 11.3 Å². The largest absolute Gasteiger partial charge is 0.416 e. The van der Waals surface area contributed by atoms with E-state index in [2.05, 4.69) is 30.0 Å². The highest BCUT2D eigenvalue weighted by molar-refractivity contribution is 7.89. The highest BCUT2D eigenvalue weighted by Crippen LogP contribution is 2.40. The molecule has 37 heavy (non-hydrogen) atoms. The first-order valence-corrected chi connectivity index (χ1v) is 12.4. The van der Waals surface area contributed by atoms with Crippen LogP contribution in [0.3, 0.4) is 0 Å². The van der Waals surface area contributed by atoms with Gasteiger partial charge in [-0.15, -0.1) is 10.2 Å². The van der Waals surface area contributed by atoms with E-state index in [4.69, 9.17) is 0 Å². The summed E-state index contributed by atoms with van der Waals surface area (Å²) in [5.74, 6) is -2.75. The summed E-state index contributed by atoms with van der Waals surface area (Å²) < 4.78 is 102. The van der Waals surface area contributed by atoms with Gasteiger partial charge in [0.25, 0.3) is 11.7 Å². The molecule has 0 spiro atoms. The molecule has 1 aliphatic rings. The molecule has 5 rings (SSSR count). The van der Waals surface area contributed by atoms with Crippen molar-refractivity contribution in [3.63, 3.8) is 0 Å². The second-order valence-corrected chi connectivity index (χ2v) is 10.5. The lowest BCUT2D eigenvalue weighted by Gasteiger charge is -2.35. The van der Waals surface area contributed by atoms with E-state index in [1.54, 1.807) is 6.92 Å². The van der Waals surface area contributed by atoms with Crippen molar-refractivity contribution in [1.82, 2.24) is 39.1 Å². The molecule has 0 amide bonds. The molecule has 2 atom stereocenters. The van der Waals surface area contributed by atoms with E-state index in [1.807, 2.05) is 0 Å². The van der Waals surface area contributed by atoms with Crippen LogP contribution in [0, 0.1) is 6.92 Å². The van der Waals surface area contributed by atoms with Gasteiger partial charge in [-0.05, 0) is 37.6 Å². The van der Waals surface area contributed by atoms with Crippen molar-refractivity contribution < 1.29 is 30.4 Å².